The van der Waals surface area contributed by atoms with Crippen LogP contribution in [0.15, 0.2) is 70.8 Å². The van der Waals surface area contributed by atoms with Crippen molar-refractivity contribution in [3.63, 3.8) is 0 Å². The van der Waals surface area contributed by atoms with Crippen molar-refractivity contribution in [3.05, 3.63) is 92.0 Å². The van der Waals surface area contributed by atoms with Crippen LogP contribution in [0.25, 0.3) is 6.08 Å². The maximum atomic E-state index is 13.6. The second-order valence-electron chi connectivity index (χ2n) is 8.23. The van der Waals surface area contributed by atoms with Crippen LogP contribution in [0.3, 0.4) is 0 Å². The Labute approximate surface area is 250 Å². The van der Waals surface area contributed by atoms with Crippen LogP contribution in [0.5, 0.6) is 11.5 Å². The minimum Gasteiger partial charge on any atom is -0.490 e. The van der Waals surface area contributed by atoms with Gasteiger partial charge in [0.15, 0.2) is 16.6 Å². The molecule has 0 unspecified atom stereocenters. The SMILES string of the molecule is CCOc1cc(/C=C2/C(=O)N(c3ccc(Cl)cc3)C(=S)N2CC(=O)OC)cc(Br)c1OCc1ccccc1Cl. The molecule has 1 saturated heterocycles. The van der Waals surface area contributed by atoms with E-state index in [-0.39, 0.29) is 24.0 Å². The van der Waals surface area contributed by atoms with E-state index in [1.165, 1.54) is 16.9 Å². The molecular weight excluding hydrogens is 627 g/mol. The third-order valence-corrected chi connectivity index (χ3v) is 7.31. The number of hydrogen-bond donors (Lipinski definition) is 0. The number of rotatable bonds is 9. The predicted octanol–water partition coefficient (Wildman–Crippen LogP) is 6.88. The lowest BCUT2D eigenvalue weighted by Gasteiger charge is -2.19. The molecule has 0 aliphatic carbocycles. The molecule has 7 nitrogen and oxygen atoms in total. The molecule has 202 valence electrons. The van der Waals surface area contributed by atoms with Gasteiger partial charge in [0.05, 0.1) is 23.9 Å². The van der Waals surface area contributed by atoms with Crippen molar-refractivity contribution >= 4 is 80.1 Å². The molecule has 0 atom stereocenters. The Kier molecular flexibility index (Phi) is 9.50. The van der Waals surface area contributed by atoms with Gasteiger partial charge in [0.1, 0.15) is 18.8 Å². The number of amides is 1. The van der Waals surface area contributed by atoms with Crippen molar-refractivity contribution in [1.29, 1.82) is 0 Å². The molecule has 1 heterocycles. The first kappa shape index (κ1) is 28.9. The summed E-state index contributed by atoms with van der Waals surface area (Å²) in [6.45, 7) is 2.23. The first-order valence-corrected chi connectivity index (χ1v) is 13.7. The molecule has 1 amide bonds. The third kappa shape index (κ3) is 6.55. The summed E-state index contributed by atoms with van der Waals surface area (Å²) in [5.74, 6) is 0.00198. The minimum absolute atomic E-state index is 0.141. The zero-order valence-corrected chi connectivity index (χ0v) is 24.9. The fourth-order valence-corrected chi connectivity index (χ4v) is 5.08. The van der Waals surface area contributed by atoms with Gasteiger partial charge in [0.2, 0.25) is 0 Å². The molecule has 0 bridgehead atoms. The first-order valence-electron chi connectivity index (χ1n) is 11.8. The van der Waals surface area contributed by atoms with Gasteiger partial charge in [0.25, 0.3) is 5.91 Å². The highest BCUT2D eigenvalue weighted by Gasteiger charge is 2.40. The van der Waals surface area contributed by atoms with Crippen LogP contribution in [0.4, 0.5) is 5.69 Å². The van der Waals surface area contributed by atoms with Crippen molar-refractivity contribution in [1.82, 2.24) is 4.90 Å². The lowest BCUT2D eigenvalue weighted by atomic mass is 10.1. The van der Waals surface area contributed by atoms with Gasteiger partial charge < -0.3 is 19.1 Å². The summed E-state index contributed by atoms with van der Waals surface area (Å²) in [6, 6.07) is 17.6. The van der Waals surface area contributed by atoms with Crippen LogP contribution in [0, 0.1) is 0 Å². The summed E-state index contributed by atoms with van der Waals surface area (Å²) >= 11 is 21.5. The molecule has 0 saturated carbocycles. The number of hydrogen-bond acceptors (Lipinski definition) is 6. The van der Waals surface area contributed by atoms with E-state index in [4.69, 9.17) is 49.6 Å². The topological polar surface area (TPSA) is 68.3 Å². The van der Waals surface area contributed by atoms with Gasteiger partial charge in [-0.05, 0) is 89.2 Å². The van der Waals surface area contributed by atoms with E-state index < -0.39 is 11.9 Å². The number of esters is 1. The Morgan fingerprint density at radius 2 is 1.79 bits per heavy atom. The average molecular weight is 650 g/mol. The smallest absolute Gasteiger partial charge is 0.325 e. The molecule has 0 radical (unpaired) electrons. The van der Waals surface area contributed by atoms with E-state index in [9.17, 15) is 9.59 Å². The van der Waals surface area contributed by atoms with Crippen molar-refractivity contribution in [2.75, 3.05) is 25.2 Å². The number of ether oxygens (including phenoxy) is 3. The van der Waals surface area contributed by atoms with Crippen molar-refractivity contribution < 1.29 is 23.8 Å². The van der Waals surface area contributed by atoms with Crippen molar-refractivity contribution in [2.45, 2.75) is 13.5 Å². The number of benzene rings is 3. The summed E-state index contributed by atoms with van der Waals surface area (Å²) in [6.07, 6.45) is 1.64. The van der Waals surface area contributed by atoms with Gasteiger partial charge in [-0.2, -0.15) is 0 Å². The molecule has 1 fully saturated rings. The fraction of sp³-hybridized carbons (Fsp3) is 0.179. The van der Waals surface area contributed by atoms with Crippen molar-refractivity contribution in [2.24, 2.45) is 0 Å². The predicted molar refractivity (Wildman–Crippen MR) is 159 cm³/mol. The van der Waals surface area contributed by atoms with E-state index in [1.807, 2.05) is 25.1 Å². The van der Waals surface area contributed by atoms with Gasteiger partial charge in [0, 0.05) is 15.6 Å². The normalized spacial score (nSPS) is 14.2. The van der Waals surface area contributed by atoms with E-state index in [0.29, 0.717) is 43.9 Å². The zero-order valence-electron chi connectivity index (χ0n) is 20.9. The number of nitrogens with zero attached hydrogens (tertiary/aromatic N) is 2. The van der Waals surface area contributed by atoms with Crippen LogP contribution in [0.1, 0.15) is 18.1 Å². The van der Waals surface area contributed by atoms with Gasteiger partial charge in [-0.15, -0.1) is 0 Å². The molecule has 3 aromatic rings. The molecular formula is C28H23BrCl2N2O5S. The quantitative estimate of drug-likeness (QED) is 0.142. The van der Waals surface area contributed by atoms with Crippen LogP contribution in [-0.4, -0.2) is 42.2 Å². The highest BCUT2D eigenvalue weighted by Crippen LogP contribution is 2.39. The third-order valence-electron chi connectivity index (χ3n) is 5.70. The van der Waals surface area contributed by atoms with Crippen LogP contribution >= 0.6 is 51.3 Å². The Hall–Kier alpha value is -3.11. The molecule has 1 aliphatic heterocycles. The highest BCUT2D eigenvalue weighted by atomic mass is 79.9. The Bertz CT molecular complexity index is 1450. The lowest BCUT2D eigenvalue weighted by Crippen LogP contribution is -2.35. The number of carbonyl (C=O) groups is 2. The Balaban J connectivity index is 1.71. The maximum absolute atomic E-state index is 13.6. The number of anilines is 1. The number of carbonyl (C=O) groups excluding carboxylic acids is 2. The molecule has 39 heavy (non-hydrogen) atoms. The number of thiocarbonyl (C=S) groups is 1. The molecule has 3 aromatic carbocycles. The Morgan fingerprint density at radius 1 is 1.08 bits per heavy atom. The molecule has 1 aliphatic rings. The van der Waals surface area contributed by atoms with Gasteiger partial charge >= 0.3 is 5.97 Å². The summed E-state index contributed by atoms with van der Waals surface area (Å²) in [5, 5.41) is 1.26. The van der Waals surface area contributed by atoms with Gasteiger partial charge in [-0.3, -0.25) is 14.5 Å². The average Bonchev–Trinajstić information content (AvgIpc) is 3.13. The molecule has 11 heteroatoms. The van der Waals surface area contributed by atoms with Crippen molar-refractivity contribution in [3.8, 4) is 11.5 Å². The minimum atomic E-state index is -0.548. The number of methoxy groups -OCH3 is 1. The van der Waals surface area contributed by atoms with Crippen LogP contribution in [-0.2, 0) is 20.9 Å². The second kappa shape index (κ2) is 12.8. The lowest BCUT2D eigenvalue weighted by molar-refractivity contribution is -0.140. The molecule has 0 spiro atoms. The van der Waals surface area contributed by atoms with Crippen LogP contribution in [0.2, 0.25) is 10.0 Å². The largest absolute Gasteiger partial charge is 0.490 e. The zero-order chi connectivity index (χ0) is 28.1. The van der Waals surface area contributed by atoms with E-state index in [2.05, 4.69) is 15.9 Å². The van der Waals surface area contributed by atoms with Crippen LogP contribution < -0.4 is 14.4 Å². The Morgan fingerprint density at radius 3 is 2.46 bits per heavy atom. The second-order valence-corrected chi connectivity index (χ2v) is 10.3. The molecule has 0 N–H and O–H groups in total. The van der Waals surface area contributed by atoms with E-state index in [1.54, 1.807) is 48.5 Å². The first-order chi connectivity index (χ1) is 18.7. The monoisotopic (exact) mass is 648 g/mol. The van der Waals surface area contributed by atoms with E-state index >= 15 is 0 Å². The maximum Gasteiger partial charge on any atom is 0.325 e. The molecule has 4 rings (SSSR count). The fourth-order valence-electron chi connectivity index (χ4n) is 3.84. The highest BCUT2D eigenvalue weighted by molar-refractivity contribution is 9.10. The van der Waals surface area contributed by atoms with E-state index in [0.717, 1.165) is 5.56 Å². The summed E-state index contributed by atoms with van der Waals surface area (Å²) in [7, 11) is 1.27. The molecule has 0 aromatic heterocycles. The summed E-state index contributed by atoms with van der Waals surface area (Å²) in [5.41, 5.74) is 2.16. The summed E-state index contributed by atoms with van der Waals surface area (Å²) < 4.78 is 17.4. The summed E-state index contributed by atoms with van der Waals surface area (Å²) in [4.78, 5) is 28.6. The van der Waals surface area contributed by atoms with Gasteiger partial charge in [-0.1, -0.05) is 41.4 Å². The standard InChI is InChI=1S/C28H23BrCl2N2O5S/c1-3-37-24-14-17(12-21(29)26(24)38-16-18-6-4-5-7-22(18)31)13-23-27(35)33(20-10-8-19(30)9-11-20)28(39)32(23)15-25(34)36-2/h4-14H,3,15-16H2,1-2H3/b23-13-. The van der Waals surface area contributed by atoms with Gasteiger partial charge in [-0.25, -0.2) is 0 Å². The number of halogens is 3.